The average Bonchev–Trinajstić information content (AvgIpc) is 2.62. The molecule has 0 aromatic heterocycles. The molecule has 3 rings (SSSR count). The van der Waals surface area contributed by atoms with Gasteiger partial charge in [0.1, 0.15) is 0 Å². The number of hydrogen-bond donors (Lipinski definition) is 0. The van der Waals surface area contributed by atoms with Gasteiger partial charge in [-0.15, -0.1) is 0 Å². The molecule has 138 valence electrons. The predicted molar refractivity (Wildman–Crippen MR) is 95.0 cm³/mol. The second-order valence-corrected chi connectivity index (χ2v) is 9.25. The molecule has 0 aliphatic carbocycles. The fraction of sp³-hybridized carbons (Fsp3) is 0.611. The maximum absolute atomic E-state index is 12.8. The number of nitrogens with zero attached hydrogens (tertiary/aromatic N) is 2. The highest BCUT2D eigenvalue weighted by atomic mass is 32.2. The number of amides is 1. The SMILES string of the molecule is CC1(C)COCCN1C(=O)c1ccc(S(=O)(=O)N2CCCCC2)cc1. The molecule has 2 fully saturated rings. The number of carbonyl (C=O) groups is 1. The van der Waals surface area contributed by atoms with Crippen molar-refractivity contribution < 1.29 is 17.9 Å². The Labute approximate surface area is 149 Å². The highest BCUT2D eigenvalue weighted by Gasteiger charge is 2.34. The molecule has 1 aromatic rings. The van der Waals surface area contributed by atoms with Crippen LogP contribution in [-0.4, -0.2) is 61.9 Å². The lowest BCUT2D eigenvalue weighted by molar-refractivity contribution is -0.0370. The summed E-state index contributed by atoms with van der Waals surface area (Å²) < 4.78 is 32.4. The number of piperidine rings is 1. The lowest BCUT2D eigenvalue weighted by Gasteiger charge is -2.42. The molecule has 0 spiro atoms. The van der Waals surface area contributed by atoms with E-state index in [4.69, 9.17) is 4.74 Å². The number of carbonyl (C=O) groups excluding carboxylic acids is 1. The van der Waals surface area contributed by atoms with Crippen LogP contribution in [0.15, 0.2) is 29.2 Å². The Hall–Kier alpha value is -1.44. The van der Waals surface area contributed by atoms with Crippen molar-refractivity contribution in [2.45, 2.75) is 43.5 Å². The maximum atomic E-state index is 12.8. The van der Waals surface area contributed by atoms with Crippen LogP contribution in [0, 0.1) is 0 Å². The summed E-state index contributed by atoms with van der Waals surface area (Å²) in [6.45, 7) is 6.66. The van der Waals surface area contributed by atoms with Gasteiger partial charge in [0.25, 0.3) is 5.91 Å². The minimum absolute atomic E-state index is 0.0878. The van der Waals surface area contributed by atoms with Crippen molar-refractivity contribution in [3.63, 3.8) is 0 Å². The van der Waals surface area contributed by atoms with Crippen LogP contribution >= 0.6 is 0 Å². The molecular formula is C18H26N2O4S. The highest BCUT2D eigenvalue weighted by Crippen LogP contribution is 2.24. The Morgan fingerprint density at radius 2 is 1.68 bits per heavy atom. The van der Waals surface area contributed by atoms with Crippen molar-refractivity contribution >= 4 is 15.9 Å². The molecule has 0 N–H and O–H groups in total. The third-order valence-electron chi connectivity index (χ3n) is 4.94. The van der Waals surface area contributed by atoms with Crippen LogP contribution in [0.1, 0.15) is 43.5 Å². The average molecular weight is 366 g/mol. The first-order chi connectivity index (χ1) is 11.8. The molecule has 0 bridgehead atoms. The predicted octanol–water partition coefficient (Wildman–Crippen LogP) is 2.11. The van der Waals surface area contributed by atoms with Crippen LogP contribution in [0.2, 0.25) is 0 Å². The standard InChI is InChI=1S/C18H26N2O4S/c1-18(2)14-24-13-12-20(18)17(21)15-6-8-16(9-7-15)25(22,23)19-10-4-3-5-11-19/h6-9H,3-5,10-14H2,1-2H3. The summed E-state index contributed by atoms with van der Waals surface area (Å²) in [4.78, 5) is 14.8. The molecule has 1 aromatic carbocycles. The van der Waals surface area contributed by atoms with E-state index >= 15 is 0 Å². The van der Waals surface area contributed by atoms with Gasteiger partial charge in [0.05, 0.1) is 23.6 Å². The summed E-state index contributed by atoms with van der Waals surface area (Å²) in [6, 6.07) is 6.32. The molecular weight excluding hydrogens is 340 g/mol. The minimum atomic E-state index is -3.46. The topological polar surface area (TPSA) is 66.9 Å². The van der Waals surface area contributed by atoms with E-state index in [0.29, 0.717) is 38.4 Å². The van der Waals surface area contributed by atoms with Gasteiger partial charge < -0.3 is 9.64 Å². The quantitative estimate of drug-likeness (QED) is 0.822. The van der Waals surface area contributed by atoms with Gasteiger partial charge in [-0.2, -0.15) is 4.31 Å². The molecule has 1 amide bonds. The second kappa shape index (κ2) is 7.05. The summed E-state index contributed by atoms with van der Waals surface area (Å²) in [6.07, 6.45) is 2.89. The van der Waals surface area contributed by atoms with Crippen LogP contribution < -0.4 is 0 Å². The van der Waals surface area contributed by atoms with Gasteiger partial charge in [-0.25, -0.2) is 8.42 Å². The molecule has 2 heterocycles. The molecule has 0 atom stereocenters. The monoisotopic (exact) mass is 366 g/mol. The third kappa shape index (κ3) is 3.73. The fourth-order valence-corrected chi connectivity index (χ4v) is 4.93. The first-order valence-electron chi connectivity index (χ1n) is 8.82. The minimum Gasteiger partial charge on any atom is -0.377 e. The summed E-state index contributed by atoms with van der Waals surface area (Å²) >= 11 is 0. The molecule has 25 heavy (non-hydrogen) atoms. The highest BCUT2D eigenvalue weighted by molar-refractivity contribution is 7.89. The molecule has 0 radical (unpaired) electrons. The zero-order valence-corrected chi connectivity index (χ0v) is 15.7. The largest absolute Gasteiger partial charge is 0.377 e. The zero-order valence-electron chi connectivity index (χ0n) is 14.9. The molecule has 2 saturated heterocycles. The van der Waals surface area contributed by atoms with E-state index in [0.717, 1.165) is 19.3 Å². The Morgan fingerprint density at radius 1 is 1.04 bits per heavy atom. The van der Waals surface area contributed by atoms with Crippen molar-refractivity contribution in [1.82, 2.24) is 9.21 Å². The van der Waals surface area contributed by atoms with Crippen LogP contribution in [0.4, 0.5) is 0 Å². The van der Waals surface area contributed by atoms with E-state index in [9.17, 15) is 13.2 Å². The number of benzene rings is 1. The van der Waals surface area contributed by atoms with Crippen molar-refractivity contribution in [3.05, 3.63) is 29.8 Å². The van der Waals surface area contributed by atoms with Crippen LogP contribution in [-0.2, 0) is 14.8 Å². The van der Waals surface area contributed by atoms with Crippen LogP contribution in [0.25, 0.3) is 0 Å². The van der Waals surface area contributed by atoms with E-state index in [2.05, 4.69) is 0 Å². The van der Waals surface area contributed by atoms with Gasteiger partial charge in [0.15, 0.2) is 0 Å². The fourth-order valence-electron chi connectivity index (χ4n) is 3.41. The van der Waals surface area contributed by atoms with E-state index in [1.54, 1.807) is 33.5 Å². The normalized spacial score (nSPS) is 21.9. The Kier molecular flexibility index (Phi) is 5.18. The van der Waals surface area contributed by atoms with Crippen molar-refractivity contribution in [1.29, 1.82) is 0 Å². The molecule has 2 aliphatic rings. The van der Waals surface area contributed by atoms with Crippen molar-refractivity contribution in [2.24, 2.45) is 0 Å². The summed E-state index contributed by atoms with van der Waals surface area (Å²) in [5.41, 5.74) is 0.140. The molecule has 6 nitrogen and oxygen atoms in total. The number of sulfonamides is 1. The summed E-state index contributed by atoms with van der Waals surface area (Å²) in [5, 5.41) is 0. The Bertz CT molecular complexity index is 722. The summed E-state index contributed by atoms with van der Waals surface area (Å²) in [7, 11) is -3.46. The van der Waals surface area contributed by atoms with Gasteiger partial charge in [-0.05, 0) is 51.0 Å². The van der Waals surface area contributed by atoms with E-state index in [1.165, 1.54) is 0 Å². The molecule has 2 aliphatic heterocycles. The smallest absolute Gasteiger partial charge is 0.254 e. The number of ether oxygens (including phenoxy) is 1. The first kappa shape index (κ1) is 18.4. The van der Waals surface area contributed by atoms with Gasteiger partial charge in [-0.3, -0.25) is 4.79 Å². The van der Waals surface area contributed by atoms with Gasteiger partial charge in [-0.1, -0.05) is 6.42 Å². The maximum Gasteiger partial charge on any atom is 0.254 e. The summed E-state index contributed by atoms with van der Waals surface area (Å²) in [5.74, 6) is -0.0878. The Balaban J connectivity index is 1.79. The first-order valence-corrected chi connectivity index (χ1v) is 10.3. The van der Waals surface area contributed by atoms with Gasteiger partial charge >= 0.3 is 0 Å². The number of morpholine rings is 1. The van der Waals surface area contributed by atoms with Crippen molar-refractivity contribution in [2.75, 3.05) is 32.8 Å². The lowest BCUT2D eigenvalue weighted by Crippen LogP contribution is -2.55. The van der Waals surface area contributed by atoms with E-state index < -0.39 is 10.0 Å². The molecule has 7 heteroatoms. The molecule has 0 unspecified atom stereocenters. The van der Waals surface area contributed by atoms with E-state index in [1.807, 2.05) is 13.8 Å². The lowest BCUT2D eigenvalue weighted by atomic mass is 10.0. The third-order valence-corrected chi connectivity index (χ3v) is 6.86. The van der Waals surface area contributed by atoms with E-state index in [-0.39, 0.29) is 16.3 Å². The Morgan fingerprint density at radius 3 is 2.28 bits per heavy atom. The van der Waals surface area contributed by atoms with Crippen LogP contribution in [0.3, 0.4) is 0 Å². The van der Waals surface area contributed by atoms with Gasteiger partial charge in [0, 0.05) is 25.2 Å². The zero-order chi connectivity index (χ0) is 18.1. The van der Waals surface area contributed by atoms with Crippen LogP contribution in [0.5, 0.6) is 0 Å². The number of hydrogen-bond acceptors (Lipinski definition) is 4. The van der Waals surface area contributed by atoms with Crippen molar-refractivity contribution in [3.8, 4) is 0 Å². The number of rotatable bonds is 3. The molecule has 0 saturated carbocycles. The van der Waals surface area contributed by atoms with Gasteiger partial charge in [0.2, 0.25) is 10.0 Å². The second-order valence-electron chi connectivity index (χ2n) is 7.31.